The summed E-state index contributed by atoms with van der Waals surface area (Å²) in [7, 11) is 0. The van der Waals surface area contributed by atoms with E-state index in [2.05, 4.69) is 21.8 Å². The molecule has 0 fully saturated rings. The largest absolute Gasteiger partial charge is 0.258 e. The molecule has 1 aliphatic heterocycles. The Bertz CT molecular complexity index is 534. The van der Waals surface area contributed by atoms with E-state index in [-0.39, 0.29) is 0 Å². The van der Waals surface area contributed by atoms with Crippen LogP contribution >= 0.6 is 0 Å². The molecule has 2 heteroatoms. The van der Waals surface area contributed by atoms with Crippen molar-refractivity contribution in [1.82, 2.24) is 4.98 Å². The van der Waals surface area contributed by atoms with Crippen LogP contribution in [-0.4, -0.2) is 10.7 Å². The van der Waals surface area contributed by atoms with Gasteiger partial charge in [0.1, 0.15) is 0 Å². The molecule has 0 spiro atoms. The van der Waals surface area contributed by atoms with Gasteiger partial charge in [0.2, 0.25) is 0 Å². The highest BCUT2D eigenvalue weighted by Crippen LogP contribution is 2.15. The first-order chi connectivity index (χ1) is 7.83. The highest BCUT2D eigenvalue weighted by Gasteiger charge is 2.09. The number of nitrogens with zero attached hydrogens (tertiary/aromatic N) is 2. The summed E-state index contributed by atoms with van der Waals surface area (Å²) >= 11 is 0. The Morgan fingerprint density at radius 1 is 1.12 bits per heavy atom. The van der Waals surface area contributed by atoms with Crippen LogP contribution in [0.5, 0.6) is 0 Å². The number of hydrogen-bond donors (Lipinski definition) is 0. The van der Waals surface area contributed by atoms with Crippen LogP contribution in [-0.2, 0) is 0 Å². The molecule has 0 aliphatic carbocycles. The Morgan fingerprint density at radius 2 is 2.00 bits per heavy atom. The van der Waals surface area contributed by atoms with Gasteiger partial charge < -0.3 is 0 Å². The van der Waals surface area contributed by atoms with Gasteiger partial charge >= 0.3 is 0 Å². The van der Waals surface area contributed by atoms with Gasteiger partial charge in [-0.2, -0.15) is 0 Å². The number of pyridine rings is 1. The summed E-state index contributed by atoms with van der Waals surface area (Å²) in [6, 6.07) is 3.76. The van der Waals surface area contributed by atoms with Crippen LogP contribution in [0.25, 0.3) is 0 Å². The summed E-state index contributed by atoms with van der Waals surface area (Å²) in [5.41, 5.74) is 3.54. The fourth-order valence-corrected chi connectivity index (χ4v) is 1.49. The Kier molecular flexibility index (Phi) is 2.85. The summed E-state index contributed by atoms with van der Waals surface area (Å²) in [4.78, 5) is 8.58. The van der Waals surface area contributed by atoms with E-state index in [0.29, 0.717) is 0 Å². The van der Waals surface area contributed by atoms with Crippen molar-refractivity contribution in [2.24, 2.45) is 4.99 Å². The van der Waals surface area contributed by atoms with Crippen LogP contribution in [0.4, 0.5) is 0 Å². The lowest BCUT2D eigenvalue weighted by Crippen LogP contribution is -2.06. The molecule has 2 nitrogen and oxygen atoms in total. The van der Waals surface area contributed by atoms with Gasteiger partial charge in [-0.25, -0.2) is 0 Å². The SMILES string of the molecule is C#CC1=CN=C(c2ccc(C#C)cn2)CC1. The maximum atomic E-state index is 5.30. The van der Waals surface area contributed by atoms with Crippen molar-refractivity contribution in [2.75, 3.05) is 0 Å². The molecule has 76 valence electrons. The lowest BCUT2D eigenvalue weighted by Gasteiger charge is -2.09. The molecule has 0 bridgehead atoms. The summed E-state index contributed by atoms with van der Waals surface area (Å²) in [6.45, 7) is 0. The molecule has 0 atom stereocenters. The number of aromatic nitrogens is 1. The second-order valence-corrected chi connectivity index (χ2v) is 3.45. The minimum absolute atomic E-state index is 0.778. The fraction of sp³-hybridized carbons (Fsp3) is 0.143. The molecule has 16 heavy (non-hydrogen) atoms. The molecule has 0 amide bonds. The van der Waals surface area contributed by atoms with Gasteiger partial charge in [-0.05, 0) is 25.0 Å². The molecule has 0 aromatic carbocycles. The number of rotatable bonds is 1. The summed E-state index contributed by atoms with van der Waals surface area (Å²) in [5.74, 6) is 5.13. The van der Waals surface area contributed by atoms with Crippen molar-refractivity contribution in [3.8, 4) is 24.7 Å². The molecular formula is C14H10N2. The molecule has 1 aromatic heterocycles. The van der Waals surface area contributed by atoms with Gasteiger partial charge in [-0.15, -0.1) is 12.8 Å². The third kappa shape index (κ3) is 2.02. The van der Waals surface area contributed by atoms with Gasteiger partial charge in [0, 0.05) is 23.5 Å². The standard InChI is InChI=1S/C14H10N2/c1-3-11-5-7-13(15-9-11)14-8-6-12(4-2)10-16-14/h1-2,5,7,9-10H,6,8H2. The van der Waals surface area contributed by atoms with Crippen LogP contribution in [0, 0.1) is 24.7 Å². The highest BCUT2D eigenvalue weighted by molar-refractivity contribution is 6.00. The van der Waals surface area contributed by atoms with E-state index in [4.69, 9.17) is 12.8 Å². The molecule has 2 heterocycles. The van der Waals surface area contributed by atoms with E-state index >= 15 is 0 Å². The third-order valence-corrected chi connectivity index (χ3v) is 2.42. The first-order valence-electron chi connectivity index (χ1n) is 4.99. The lowest BCUT2D eigenvalue weighted by molar-refractivity contribution is 1.01. The van der Waals surface area contributed by atoms with Gasteiger partial charge in [0.05, 0.1) is 11.4 Å². The zero-order chi connectivity index (χ0) is 11.4. The Labute approximate surface area is 95.1 Å². The summed E-state index contributed by atoms with van der Waals surface area (Å²) < 4.78 is 0. The topological polar surface area (TPSA) is 25.2 Å². The van der Waals surface area contributed by atoms with E-state index in [9.17, 15) is 0 Å². The van der Waals surface area contributed by atoms with Crippen molar-refractivity contribution in [3.05, 3.63) is 41.4 Å². The minimum Gasteiger partial charge on any atom is -0.258 e. The van der Waals surface area contributed by atoms with Gasteiger partial charge in [0.15, 0.2) is 0 Å². The van der Waals surface area contributed by atoms with Crippen molar-refractivity contribution >= 4 is 5.71 Å². The first-order valence-corrected chi connectivity index (χ1v) is 4.99. The predicted molar refractivity (Wildman–Crippen MR) is 64.9 cm³/mol. The molecule has 2 rings (SSSR count). The Hall–Kier alpha value is -2.32. The van der Waals surface area contributed by atoms with Crippen LogP contribution < -0.4 is 0 Å². The molecule has 0 unspecified atom stereocenters. The second-order valence-electron chi connectivity index (χ2n) is 3.45. The third-order valence-electron chi connectivity index (χ3n) is 2.42. The smallest absolute Gasteiger partial charge is 0.0845 e. The second kappa shape index (κ2) is 4.47. The van der Waals surface area contributed by atoms with Crippen molar-refractivity contribution in [3.63, 3.8) is 0 Å². The number of hydrogen-bond acceptors (Lipinski definition) is 2. The number of aliphatic imine (C=N–C) groups is 1. The first kappa shape index (κ1) is 10.2. The Balaban J connectivity index is 2.27. The fourth-order valence-electron chi connectivity index (χ4n) is 1.49. The van der Waals surface area contributed by atoms with E-state index in [0.717, 1.165) is 35.4 Å². The molecule has 1 aliphatic rings. The average Bonchev–Trinajstić information content (AvgIpc) is 2.39. The zero-order valence-electron chi connectivity index (χ0n) is 8.77. The molecule has 0 radical (unpaired) electrons. The van der Waals surface area contributed by atoms with Crippen LogP contribution in [0.15, 0.2) is 35.1 Å². The molecular weight excluding hydrogens is 196 g/mol. The maximum absolute atomic E-state index is 5.30. The van der Waals surface area contributed by atoms with E-state index in [1.54, 1.807) is 12.4 Å². The van der Waals surface area contributed by atoms with Gasteiger partial charge in [-0.1, -0.05) is 11.8 Å². The maximum Gasteiger partial charge on any atom is 0.0845 e. The van der Waals surface area contributed by atoms with Gasteiger partial charge in [-0.3, -0.25) is 9.98 Å². The molecule has 0 saturated carbocycles. The van der Waals surface area contributed by atoms with Crippen molar-refractivity contribution in [2.45, 2.75) is 12.8 Å². The summed E-state index contributed by atoms with van der Waals surface area (Å²) in [5, 5.41) is 0. The van der Waals surface area contributed by atoms with Crippen LogP contribution in [0.1, 0.15) is 24.1 Å². The van der Waals surface area contributed by atoms with Crippen LogP contribution in [0.2, 0.25) is 0 Å². The van der Waals surface area contributed by atoms with E-state index < -0.39 is 0 Å². The number of terminal acetylenes is 2. The van der Waals surface area contributed by atoms with Crippen molar-refractivity contribution < 1.29 is 0 Å². The lowest BCUT2D eigenvalue weighted by atomic mass is 10.0. The number of allylic oxidation sites excluding steroid dienone is 1. The van der Waals surface area contributed by atoms with Gasteiger partial charge in [0.25, 0.3) is 0 Å². The monoisotopic (exact) mass is 206 g/mol. The minimum atomic E-state index is 0.778. The zero-order valence-corrected chi connectivity index (χ0v) is 8.77. The normalized spacial score (nSPS) is 14.4. The molecule has 1 aromatic rings. The molecule has 0 saturated heterocycles. The van der Waals surface area contributed by atoms with Crippen molar-refractivity contribution in [1.29, 1.82) is 0 Å². The van der Waals surface area contributed by atoms with Crippen LogP contribution in [0.3, 0.4) is 0 Å². The van der Waals surface area contributed by atoms with E-state index in [1.807, 2.05) is 12.1 Å². The molecule has 0 N–H and O–H groups in total. The summed E-state index contributed by atoms with van der Waals surface area (Å²) in [6.07, 6.45) is 15.7. The van der Waals surface area contributed by atoms with E-state index in [1.165, 1.54) is 0 Å². The highest BCUT2D eigenvalue weighted by atomic mass is 14.8. The predicted octanol–water partition coefficient (Wildman–Crippen LogP) is 2.16. The quantitative estimate of drug-likeness (QED) is 0.646. The Morgan fingerprint density at radius 3 is 2.50 bits per heavy atom. The average molecular weight is 206 g/mol.